The molecule has 0 saturated heterocycles. The molecule has 0 N–H and O–H groups in total. The molecule has 0 fully saturated rings. The molecule has 0 amide bonds. The van der Waals surface area contributed by atoms with Crippen LogP contribution in [0.3, 0.4) is 0 Å². The summed E-state index contributed by atoms with van der Waals surface area (Å²) in [5.74, 6) is 0. The van der Waals surface area contributed by atoms with Gasteiger partial charge in [0.15, 0.2) is 0 Å². The van der Waals surface area contributed by atoms with Gasteiger partial charge in [0.2, 0.25) is 0 Å². The summed E-state index contributed by atoms with van der Waals surface area (Å²) in [6.45, 7) is 5.71. The summed E-state index contributed by atoms with van der Waals surface area (Å²) >= 11 is 0. The van der Waals surface area contributed by atoms with Crippen LogP contribution in [0, 0.1) is 0 Å². The van der Waals surface area contributed by atoms with Crippen LogP contribution in [-0.4, -0.2) is 6.29 Å². The van der Waals surface area contributed by atoms with E-state index in [1.807, 2.05) is 26.0 Å². The van der Waals surface area contributed by atoms with Crippen molar-refractivity contribution in [1.82, 2.24) is 0 Å². The van der Waals surface area contributed by atoms with Gasteiger partial charge in [-0.25, -0.2) is 0 Å². The molecule has 0 bridgehead atoms. The maximum Gasteiger partial charge on any atom is 0.145 e. The zero-order valence-electron chi connectivity index (χ0n) is 6.14. The maximum atomic E-state index is 10.1. The summed E-state index contributed by atoms with van der Waals surface area (Å²) < 4.78 is 0. The smallest absolute Gasteiger partial charge is 0.145 e. The topological polar surface area (TPSA) is 17.1 Å². The number of carbonyl (C=O) groups excluding carboxylic acids is 1. The van der Waals surface area contributed by atoms with Gasteiger partial charge >= 0.3 is 0 Å². The Hall–Kier alpha value is -0.850. The van der Waals surface area contributed by atoms with Gasteiger partial charge in [-0.1, -0.05) is 17.7 Å². The summed E-state index contributed by atoms with van der Waals surface area (Å²) in [5, 5.41) is 0. The molecule has 0 spiro atoms. The summed E-state index contributed by atoms with van der Waals surface area (Å²) in [7, 11) is 0. The molecule has 0 atom stereocenters. The van der Waals surface area contributed by atoms with Crippen molar-refractivity contribution in [1.29, 1.82) is 0 Å². The van der Waals surface area contributed by atoms with E-state index in [1.165, 1.54) is 0 Å². The van der Waals surface area contributed by atoms with E-state index in [9.17, 15) is 4.79 Å². The largest absolute Gasteiger partial charge is 0.298 e. The molecule has 0 aromatic carbocycles. The third-order valence-electron chi connectivity index (χ3n) is 1.10. The lowest BCUT2D eigenvalue weighted by Crippen LogP contribution is -1.76. The van der Waals surface area contributed by atoms with E-state index >= 15 is 0 Å². The number of allylic oxidation sites excluding steroid dienone is 4. The molecule has 0 aliphatic carbocycles. The van der Waals surface area contributed by atoms with Crippen LogP contribution in [-0.2, 0) is 4.79 Å². The Morgan fingerprint density at radius 2 is 1.78 bits per heavy atom. The van der Waals surface area contributed by atoms with Crippen molar-refractivity contribution in [2.24, 2.45) is 0 Å². The number of aldehydes is 1. The quantitative estimate of drug-likeness (QED) is 0.313. The lowest BCUT2D eigenvalue weighted by molar-refractivity contribution is -0.104. The molecule has 0 aliphatic rings. The minimum Gasteiger partial charge on any atom is -0.298 e. The van der Waals surface area contributed by atoms with Crippen LogP contribution < -0.4 is 0 Å². The first-order chi connectivity index (χ1) is 4.20. The van der Waals surface area contributed by atoms with Gasteiger partial charge in [-0.05, 0) is 26.3 Å². The van der Waals surface area contributed by atoms with Crippen LogP contribution in [0.15, 0.2) is 23.3 Å². The lowest BCUT2D eigenvalue weighted by atomic mass is 10.2. The standard InChI is InChI=1S/C8H12O/c1-4-7(2)5-8(3)6-9/h4-6H,1-3H3/b7-4-,8-5+. The van der Waals surface area contributed by atoms with Gasteiger partial charge in [-0.2, -0.15) is 0 Å². The highest BCUT2D eigenvalue weighted by Crippen LogP contribution is 1.97. The second-order valence-electron chi connectivity index (χ2n) is 2.04. The van der Waals surface area contributed by atoms with E-state index < -0.39 is 0 Å². The van der Waals surface area contributed by atoms with Gasteiger partial charge in [0.05, 0.1) is 0 Å². The highest BCUT2D eigenvalue weighted by atomic mass is 16.1. The van der Waals surface area contributed by atoms with Crippen molar-refractivity contribution >= 4 is 6.29 Å². The van der Waals surface area contributed by atoms with Crippen LogP contribution in [0.25, 0.3) is 0 Å². The molecule has 9 heavy (non-hydrogen) atoms. The highest BCUT2D eigenvalue weighted by molar-refractivity contribution is 5.73. The Balaban J connectivity index is 4.11. The molecule has 50 valence electrons. The SMILES string of the molecule is C/C=C(C)\C=C(/C)C=O. The van der Waals surface area contributed by atoms with E-state index in [-0.39, 0.29) is 0 Å². The molecule has 0 aromatic heterocycles. The van der Waals surface area contributed by atoms with Gasteiger partial charge in [0.1, 0.15) is 6.29 Å². The van der Waals surface area contributed by atoms with Crippen molar-refractivity contribution in [3.05, 3.63) is 23.3 Å². The fourth-order valence-corrected chi connectivity index (χ4v) is 0.476. The zero-order valence-corrected chi connectivity index (χ0v) is 6.14. The Kier molecular flexibility index (Phi) is 3.69. The fourth-order valence-electron chi connectivity index (χ4n) is 0.476. The Morgan fingerprint density at radius 3 is 2.11 bits per heavy atom. The molecular weight excluding hydrogens is 112 g/mol. The van der Waals surface area contributed by atoms with Crippen molar-refractivity contribution in [2.75, 3.05) is 0 Å². The van der Waals surface area contributed by atoms with Crippen LogP contribution >= 0.6 is 0 Å². The summed E-state index contributed by atoms with van der Waals surface area (Å²) in [6, 6.07) is 0. The average molecular weight is 124 g/mol. The van der Waals surface area contributed by atoms with Gasteiger partial charge in [-0.3, -0.25) is 4.79 Å². The van der Waals surface area contributed by atoms with E-state index in [0.717, 1.165) is 17.4 Å². The zero-order chi connectivity index (χ0) is 7.28. The number of carbonyl (C=O) groups is 1. The maximum absolute atomic E-state index is 10.1. The molecular formula is C8H12O. The van der Waals surface area contributed by atoms with Crippen molar-refractivity contribution in [3.63, 3.8) is 0 Å². The lowest BCUT2D eigenvalue weighted by Gasteiger charge is -1.88. The summed E-state index contributed by atoms with van der Waals surface area (Å²) in [6.07, 6.45) is 4.67. The molecule has 0 aliphatic heterocycles. The van der Waals surface area contributed by atoms with Crippen LogP contribution in [0.5, 0.6) is 0 Å². The average Bonchev–Trinajstić information content (AvgIpc) is 1.87. The highest BCUT2D eigenvalue weighted by Gasteiger charge is 1.82. The van der Waals surface area contributed by atoms with Gasteiger partial charge in [0, 0.05) is 0 Å². The molecule has 0 heterocycles. The first-order valence-electron chi connectivity index (χ1n) is 2.97. The van der Waals surface area contributed by atoms with E-state index in [4.69, 9.17) is 0 Å². The number of hydrogen-bond donors (Lipinski definition) is 0. The summed E-state index contributed by atoms with van der Waals surface area (Å²) in [4.78, 5) is 10.1. The van der Waals surface area contributed by atoms with Crippen LogP contribution in [0.4, 0.5) is 0 Å². The molecule has 0 aromatic rings. The normalized spacial score (nSPS) is 13.7. The van der Waals surface area contributed by atoms with Crippen LogP contribution in [0.1, 0.15) is 20.8 Å². The van der Waals surface area contributed by atoms with E-state index in [1.54, 1.807) is 6.92 Å². The van der Waals surface area contributed by atoms with Gasteiger partial charge < -0.3 is 0 Å². The fraction of sp³-hybridized carbons (Fsp3) is 0.375. The molecule has 1 nitrogen and oxygen atoms in total. The number of rotatable bonds is 2. The minimum absolute atomic E-state index is 0.769. The number of hydrogen-bond acceptors (Lipinski definition) is 1. The Morgan fingerprint density at radius 1 is 1.22 bits per heavy atom. The third-order valence-corrected chi connectivity index (χ3v) is 1.10. The second kappa shape index (κ2) is 4.07. The second-order valence-corrected chi connectivity index (χ2v) is 2.04. The Bertz CT molecular complexity index is 152. The van der Waals surface area contributed by atoms with Crippen molar-refractivity contribution in [3.8, 4) is 0 Å². The van der Waals surface area contributed by atoms with Crippen LogP contribution in [0.2, 0.25) is 0 Å². The minimum atomic E-state index is 0.769. The predicted molar refractivity (Wildman–Crippen MR) is 39.3 cm³/mol. The van der Waals surface area contributed by atoms with Gasteiger partial charge in [0.25, 0.3) is 0 Å². The Labute approximate surface area is 56.1 Å². The van der Waals surface area contributed by atoms with E-state index in [2.05, 4.69) is 0 Å². The monoisotopic (exact) mass is 124 g/mol. The molecule has 0 rings (SSSR count). The van der Waals surface area contributed by atoms with E-state index in [0.29, 0.717) is 0 Å². The molecule has 0 radical (unpaired) electrons. The summed E-state index contributed by atoms with van der Waals surface area (Å²) in [5.41, 5.74) is 1.89. The van der Waals surface area contributed by atoms with Crippen molar-refractivity contribution in [2.45, 2.75) is 20.8 Å². The third kappa shape index (κ3) is 3.71. The first kappa shape index (κ1) is 8.15. The first-order valence-corrected chi connectivity index (χ1v) is 2.97. The molecule has 1 heteroatoms. The van der Waals surface area contributed by atoms with Gasteiger partial charge in [-0.15, -0.1) is 0 Å². The predicted octanol–water partition coefficient (Wildman–Crippen LogP) is 2.10. The van der Waals surface area contributed by atoms with Crippen molar-refractivity contribution < 1.29 is 4.79 Å². The molecule has 0 unspecified atom stereocenters. The molecule has 0 saturated carbocycles.